The summed E-state index contributed by atoms with van der Waals surface area (Å²) < 4.78 is 6.07. The Morgan fingerprint density at radius 2 is 2.03 bits per heavy atom. The van der Waals surface area contributed by atoms with Gasteiger partial charge in [-0.05, 0) is 70.2 Å². The lowest BCUT2D eigenvalue weighted by Gasteiger charge is -2.40. The largest absolute Gasteiger partial charge is 0.476 e. The first-order chi connectivity index (χ1) is 14.8. The van der Waals surface area contributed by atoms with Gasteiger partial charge in [0.2, 0.25) is 5.91 Å². The van der Waals surface area contributed by atoms with Gasteiger partial charge in [-0.1, -0.05) is 26.7 Å². The molecule has 1 saturated heterocycles. The van der Waals surface area contributed by atoms with Crippen molar-refractivity contribution in [2.75, 3.05) is 29.4 Å². The van der Waals surface area contributed by atoms with Crippen LogP contribution in [-0.2, 0) is 9.59 Å². The summed E-state index contributed by atoms with van der Waals surface area (Å²) >= 11 is 0. The molecule has 2 fully saturated rings. The zero-order valence-corrected chi connectivity index (χ0v) is 19.4. The highest BCUT2D eigenvalue weighted by molar-refractivity contribution is 6.04. The molecule has 0 bridgehead atoms. The van der Waals surface area contributed by atoms with E-state index in [-0.39, 0.29) is 23.8 Å². The Morgan fingerprint density at radius 3 is 2.71 bits per heavy atom. The molecule has 2 atom stereocenters. The van der Waals surface area contributed by atoms with Gasteiger partial charge in [0.15, 0.2) is 5.60 Å². The molecule has 1 aromatic carbocycles. The molecular weight excluding hydrogens is 390 g/mol. The van der Waals surface area contributed by atoms with Crippen LogP contribution in [0.4, 0.5) is 11.4 Å². The van der Waals surface area contributed by atoms with Gasteiger partial charge in [0.05, 0.1) is 11.6 Å². The number of ether oxygens (including phenoxy) is 1. The Morgan fingerprint density at radius 1 is 1.26 bits per heavy atom. The number of rotatable bonds is 7. The molecule has 31 heavy (non-hydrogen) atoms. The number of benzene rings is 1. The summed E-state index contributed by atoms with van der Waals surface area (Å²) in [4.78, 5) is 30.6. The Hall–Kier alpha value is -2.08. The van der Waals surface area contributed by atoms with Gasteiger partial charge in [0, 0.05) is 24.8 Å². The summed E-state index contributed by atoms with van der Waals surface area (Å²) in [6.45, 7) is 10.4. The highest BCUT2D eigenvalue weighted by atomic mass is 16.5. The molecule has 1 aliphatic carbocycles. The quantitative estimate of drug-likeness (QED) is 0.665. The SMILES string of the molecule is CCCCCN1C(=O)C(C)(C)Oc2ccc(N(C(=O)[C@H]3CNC[C@@H](C)C3)C3CC3)cc21. The van der Waals surface area contributed by atoms with Crippen LogP contribution in [0.1, 0.15) is 66.2 Å². The van der Waals surface area contributed by atoms with Crippen molar-refractivity contribution in [1.82, 2.24) is 5.32 Å². The zero-order chi connectivity index (χ0) is 22.2. The first-order valence-electron chi connectivity index (χ1n) is 12.0. The normalized spacial score (nSPS) is 25.0. The maximum atomic E-state index is 13.5. The highest BCUT2D eigenvalue weighted by Crippen LogP contribution is 2.43. The van der Waals surface area contributed by atoms with Crippen molar-refractivity contribution in [3.63, 3.8) is 0 Å². The van der Waals surface area contributed by atoms with Crippen molar-refractivity contribution >= 4 is 23.2 Å². The van der Waals surface area contributed by atoms with Crippen LogP contribution >= 0.6 is 0 Å². The van der Waals surface area contributed by atoms with Crippen molar-refractivity contribution in [2.45, 2.75) is 77.9 Å². The fourth-order valence-electron chi connectivity index (χ4n) is 4.84. The minimum atomic E-state index is -0.878. The van der Waals surface area contributed by atoms with Crippen LogP contribution < -0.4 is 19.9 Å². The topological polar surface area (TPSA) is 61.9 Å². The summed E-state index contributed by atoms with van der Waals surface area (Å²) in [6.07, 6.45) is 6.16. The van der Waals surface area contributed by atoms with Gasteiger partial charge in [-0.25, -0.2) is 0 Å². The van der Waals surface area contributed by atoms with Crippen molar-refractivity contribution in [3.8, 4) is 5.75 Å². The Bertz CT molecular complexity index is 833. The van der Waals surface area contributed by atoms with E-state index in [1.54, 1.807) is 0 Å². The molecule has 0 spiro atoms. The third-order valence-corrected chi connectivity index (χ3v) is 6.69. The lowest BCUT2D eigenvalue weighted by molar-refractivity contribution is -0.132. The first kappa shape index (κ1) is 22.1. The number of carbonyl (C=O) groups is 2. The molecule has 6 heteroatoms. The van der Waals surface area contributed by atoms with Gasteiger partial charge in [0.25, 0.3) is 5.91 Å². The van der Waals surface area contributed by atoms with Crippen LogP contribution in [0.15, 0.2) is 18.2 Å². The van der Waals surface area contributed by atoms with Crippen LogP contribution in [0.25, 0.3) is 0 Å². The smallest absolute Gasteiger partial charge is 0.270 e. The number of unbranched alkanes of at least 4 members (excludes halogenated alkanes) is 2. The van der Waals surface area contributed by atoms with Crippen LogP contribution in [0, 0.1) is 11.8 Å². The third kappa shape index (κ3) is 4.59. The minimum absolute atomic E-state index is 0.0112. The monoisotopic (exact) mass is 427 g/mol. The zero-order valence-electron chi connectivity index (χ0n) is 19.4. The van der Waals surface area contributed by atoms with Crippen LogP contribution in [0.2, 0.25) is 0 Å². The average molecular weight is 428 g/mol. The highest BCUT2D eigenvalue weighted by Gasteiger charge is 2.42. The lowest BCUT2D eigenvalue weighted by atomic mass is 9.90. The molecule has 6 nitrogen and oxygen atoms in total. The molecule has 0 radical (unpaired) electrons. The fourth-order valence-corrected chi connectivity index (χ4v) is 4.84. The fraction of sp³-hybridized carbons (Fsp3) is 0.680. The minimum Gasteiger partial charge on any atom is -0.476 e. The van der Waals surface area contributed by atoms with E-state index in [0.29, 0.717) is 12.5 Å². The molecule has 4 rings (SSSR count). The van der Waals surface area contributed by atoms with E-state index in [0.717, 1.165) is 68.7 Å². The van der Waals surface area contributed by atoms with Crippen molar-refractivity contribution < 1.29 is 14.3 Å². The molecule has 170 valence electrons. The molecular formula is C25H37N3O3. The van der Waals surface area contributed by atoms with E-state index in [9.17, 15) is 9.59 Å². The molecule has 2 amide bonds. The predicted octanol–water partition coefficient (Wildman–Crippen LogP) is 4.12. The third-order valence-electron chi connectivity index (χ3n) is 6.69. The second-order valence-electron chi connectivity index (χ2n) is 10.1. The Labute approximate surface area is 186 Å². The van der Waals surface area contributed by atoms with Gasteiger partial charge in [-0.15, -0.1) is 0 Å². The number of hydrogen-bond donors (Lipinski definition) is 1. The Balaban J connectivity index is 1.64. The summed E-state index contributed by atoms with van der Waals surface area (Å²) in [5, 5.41) is 3.41. The number of amides is 2. The van der Waals surface area contributed by atoms with E-state index < -0.39 is 5.60 Å². The van der Waals surface area contributed by atoms with E-state index in [4.69, 9.17) is 4.74 Å². The standard InChI is InChI=1S/C25H37N3O3/c1-5-6-7-12-27-21-14-20(10-11-22(21)31-25(3,4)24(27)30)28(19-8-9-19)23(29)18-13-17(2)15-26-16-18/h10-11,14,17-19,26H,5-9,12-13,15-16H2,1-4H3/t17-,18+/m0/s1. The first-order valence-corrected chi connectivity index (χ1v) is 12.0. The van der Waals surface area contributed by atoms with Crippen LogP contribution in [0.5, 0.6) is 5.75 Å². The van der Waals surface area contributed by atoms with Crippen molar-refractivity contribution in [3.05, 3.63) is 18.2 Å². The molecule has 1 saturated carbocycles. The Kier molecular flexibility index (Phi) is 6.29. The summed E-state index contributed by atoms with van der Waals surface area (Å²) in [7, 11) is 0. The van der Waals surface area contributed by atoms with Gasteiger partial charge in [-0.3, -0.25) is 9.59 Å². The average Bonchev–Trinajstić information content (AvgIpc) is 3.56. The second-order valence-corrected chi connectivity index (χ2v) is 10.1. The van der Waals surface area contributed by atoms with E-state index in [1.165, 1.54) is 0 Å². The van der Waals surface area contributed by atoms with Crippen LogP contribution in [-0.4, -0.2) is 43.1 Å². The maximum absolute atomic E-state index is 13.5. The molecule has 0 aromatic heterocycles. The number of nitrogens with zero attached hydrogens (tertiary/aromatic N) is 2. The number of hydrogen-bond acceptors (Lipinski definition) is 4. The maximum Gasteiger partial charge on any atom is 0.270 e. The van der Waals surface area contributed by atoms with Gasteiger partial charge in [0.1, 0.15) is 5.75 Å². The molecule has 0 unspecified atom stereocenters. The number of carbonyl (C=O) groups excluding carboxylic acids is 2. The van der Waals surface area contributed by atoms with Gasteiger partial charge < -0.3 is 19.9 Å². The second kappa shape index (κ2) is 8.81. The number of fused-ring (bicyclic) bond motifs is 1. The molecule has 1 aromatic rings. The molecule has 3 aliphatic rings. The van der Waals surface area contributed by atoms with Gasteiger partial charge >= 0.3 is 0 Å². The number of piperidine rings is 1. The van der Waals surface area contributed by atoms with E-state index in [2.05, 4.69) is 19.2 Å². The van der Waals surface area contributed by atoms with Crippen molar-refractivity contribution in [1.29, 1.82) is 0 Å². The number of nitrogens with one attached hydrogen (secondary N) is 1. The molecule has 1 N–H and O–H groups in total. The summed E-state index contributed by atoms with van der Waals surface area (Å²) in [5.74, 6) is 1.44. The van der Waals surface area contributed by atoms with Crippen molar-refractivity contribution in [2.24, 2.45) is 11.8 Å². The molecule has 2 aliphatic heterocycles. The van der Waals surface area contributed by atoms with Crippen LogP contribution in [0.3, 0.4) is 0 Å². The lowest BCUT2D eigenvalue weighted by Crippen LogP contribution is -2.53. The van der Waals surface area contributed by atoms with E-state index in [1.807, 2.05) is 41.8 Å². The van der Waals surface area contributed by atoms with E-state index >= 15 is 0 Å². The number of anilines is 2. The summed E-state index contributed by atoms with van der Waals surface area (Å²) in [5.41, 5.74) is 0.809. The molecule has 2 heterocycles. The predicted molar refractivity (Wildman–Crippen MR) is 124 cm³/mol. The summed E-state index contributed by atoms with van der Waals surface area (Å²) in [6, 6.07) is 6.21. The van der Waals surface area contributed by atoms with Gasteiger partial charge in [-0.2, -0.15) is 0 Å².